The van der Waals surface area contributed by atoms with Gasteiger partial charge in [-0.25, -0.2) is 14.0 Å². The molecule has 0 bridgehead atoms. The van der Waals surface area contributed by atoms with Crippen molar-refractivity contribution in [1.82, 2.24) is 9.88 Å². The van der Waals surface area contributed by atoms with Gasteiger partial charge in [0.2, 0.25) is 0 Å². The monoisotopic (exact) mass is 398 g/mol. The Bertz CT molecular complexity index is 857. The molecule has 1 N–H and O–H groups in total. The van der Waals surface area contributed by atoms with Gasteiger partial charge in [0.1, 0.15) is 17.1 Å². The van der Waals surface area contributed by atoms with Crippen molar-refractivity contribution in [2.24, 2.45) is 0 Å². The van der Waals surface area contributed by atoms with Crippen LogP contribution in [0.4, 0.5) is 9.18 Å². The van der Waals surface area contributed by atoms with Gasteiger partial charge in [0, 0.05) is 18.0 Å². The summed E-state index contributed by atoms with van der Waals surface area (Å²) in [6.45, 7) is 9.23. The van der Waals surface area contributed by atoms with E-state index in [1.807, 2.05) is 6.92 Å². The van der Waals surface area contributed by atoms with Gasteiger partial charge in [-0.05, 0) is 52.8 Å². The Hall–Kier alpha value is -2.28. The number of nitrogens with one attached hydrogen (secondary N) is 1. The van der Waals surface area contributed by atoms with Crippen LogP contribution in [0.25, 0.3) is 10.9 Å². The summed E-state index contributed by atoms with van der Waals surface area (Å²) in [6.07, 6.45) is -0.562. The molecule has 1 aromatic heterocycles. The lowest BCUT2D eigenvalue weighted by molar-refractivity contribution is 0.0512. The summed E-state index contributed by atoms with van der Waals surface area (Å²) in [5.74, 6) is -1.11. The molecule has 0 radical (unpaired) electrons. The number of rotatable bonds is 5. The van der Waals surface area contributed by atoms with E-state index in [4.69, 9.17) is 21.1 Å². The Morgan fingerprint density at radius 1 is 1.30 bits per heavy atom. The predicted octanol–water partition coefficient (Wildman–Crippen LogP) is 4.70. The van der Waals surface area contributed by atoms with E-state index in [-0.39, 0.29) is 29.9 Å². The number of nitrogens with zero attached hydrogens (tertiary/aromatic N) is 1. The van der Waals surface area contributed by atoms with E-state index in [0.29, 0.717) is 10.9 Å². The third kappa shape index (κ3) is 5.13. The van der Waals surface area contributed by atoms with E-state index in [1.54, 1.807) is 38.3 Å². The first-order chi connectivity index (χ1) is 12.5. The van der Waals surface area contributed by atoms with Crippen molar-refractivity contribution in [3.8, 4) is 0 Å². The Labute approximate surface area is 162 Å². The minimum Gasteiger partial charge on any atom is -0.461 e. The summed E-state index contributed by atoms with van der Waals surface area (Å²) in [5.41, 5.74) is 0.212. The van der Waals surface area contributed by atoms with Gasteiger partial charge in [0.15, 0.2) is 0 Å². The predicted molar refractivity (Wildman–Crippen MR) is 102 cm³/mol. The average molecular weight is 399 g/mol. The molecule has 6 nitrogen and oxygen atoms in total. The lowest BCUT2D eigenvalue weighted by atomic mass is 10.2. The SMILES string of the molecule is CCOC(=O)c1cc2cc(F)c(Cl)cc2n1[C@H](C)CNC(=O)OC(C)(C)C. The molecule has 0 saturated carbocycles. The fraction of sp³-hybridized carbons (Fsp3) is 0.474. The van der Waals surface area contributed by atoms with Gasteiger partial charge in [-0.1, -0.05) is 11.6 Å². The Morgan fingerprint density at radius 3 is 2.56 bits per heavy atom. The van der Waals surface area contributed by atoms with Gasteiger partial charge in [-0.15, -0.1) is 0 Å². The number of alkyl carbamates (subject to hydrolysis) is 1. The maximum absolute atomic E-state index is 13.8. The van der Waals surface area contributed by atoms with E-state index < -0.39 is 23.5 Å². The fourth-order valence-corrected chi connectivity index (χ4v) is 2.85. The van der Waals surface area contributed by atoms with Crippen molar-refractivity contribution in [1.29, 1.82) is 0 Å². The molecule has 0 aliphatic carbocycles. The van der Waals surface area contributed by atoms with E-state index >= 15 is 0 Å². The molecular formula is C19H24ClFN2O4. The van der Waals surface area contributed by atoms with Crippen molar-refractivity contribution < 1.29 is 23.5 Å². The third-order valence-corrected chi connectivity index (χ3v) is 4.04. The minimum atomic E-state index is -0.616. The quantitative estimate of drug-likeness (QED) is 0.741. The van der Waals surface area contributed by atoms with Crippen LogP contribution in [0.5, 0.6) is 0 Å². The molecule has 1 amide bonds. The number of hydrogen-bond donors (Lipinski definition) is 1. The van der Waals surface area contributed by atoms with Gasteiger partial charge >= 0.3 is 12.1 Å². The molecule has 1 aromatic carbocycles. The van der Waals surface area contributed by atoms with Crippen LogP contribution < -0.4 is 5.32 Å². The van der Waals surface area contributed by atoms with Gasteiger partial charge in [0.25, 0.3) is 0 Å². The molecule has 0 fully saturated rings. The first-order valence-corrected chi connectivity index (χ1v) is 9.05. The van der Waals surface area contributed by atoms with Crippen molar-refractivity contribution in [2.75, 3.05) is 13.2 Å². The molecule has 0 aliphatic rings. The number of ether oxygens (including phenoxy) is 2. The van der Waals surface area contributed by atoms with Crippen LogP contribution in [0.1, 0.15) is 51.1 Å². The topological polar surface area (TPSA) is 69.6 Å². The van der Waals surface area contributed by atoms with E-state index in [9.17, 15) is 14.0 Å². The van der Waals surface area contributed by atoms with Gasteiger partial charge in [-0.2, -0.15) is 0 Å². The summed E-state index contributed by atoms with van der Waals surface area (Å²) in [4.78, 5) is 24.3. The largest absolute Gasteiger partial charge is 0.461 e. The van der Waals surface area contributed by atoms with Crippen LogP contribution in [0.3, 0.4) is 0 Å². The van der Waals surface area contributed by atoms with Crippen LogP contribution in [0.15, 0.2) is 18.2 Å². The minimum absolute atomic E-state index is 0.0513. The zero-order valence-electron chi connectivity index (χ0n) is 16.1. The zero-order chi connectivity index (χ0) is 20.4. The van der Waals surface area contributed by atoms with Crippen molar-refractivity contribution >= 4 is 34.6 Å². The molecule has 0 aliphatic heterocycles. The maximum Gasteiger partial charge on any atom is 0.407 e. The van der Waals surface area contributed by atoms with Gasteiger partial charge in [0.05, 0.1) is 17.1 Å². The van der Waals surface area contributed by atoms with Crippen LogP contribution in [0, 0.1) is 5.82 Å². The fourth-order valence-electron chi connectivity index (χ4n) is 2.70. The standard InChI is InChI=1S/C19H24ClFN2O4/c1-6-26-17(24)16-8-12-7-14(21)13(20)9-15(12)23(16)11(2)10-22-18(25)27-19(3,4)5/h7-9,11H,6,10H2,1-5H3,(H,22,25)/t11-/m1/s1. The highest BCUT2D eigenvalue weighted by atomic mass is 35.5. The molecule has 148 valence electrons. The number of fused-ring (bicyclic) bond motifs is 1. The Morgan fingerprint density at radius 2 is 1.96 bits per heavy atom. The van der Waals surface area contributed by atoms with Crippen molar-refractivity contribution in [2.45, 2.75) is 46.3 Å². The van der Waals surface area contributed by atoms with Crippen LogP contribution in [-0.4, -0.2) is 35.4 Å². The zero-order valence-corrected chi connectivity index (χ0v) is 16.8. The number of benzene rings is 1. The number of amides is 1. The summed E-state index contributed by atoms with van der Waals surface area (Å²) >= 11 is 5.92. The highest BCUT2D eigenvalue weighted by Crippen LogP contribution is 2.29. The smallest absolute Gasteiger partial charge is 0.407 e. The molecule has 8 heteroatoms. The van der Waals surface area contributed by atoms with Gasteiger partial charge in [-0.3, -0.25) is 0 Å². The van der Waals surface area contributed by atoms with Crippen molar-refractivity contribution in [3.63, 3.8) is 0 Å². The second kappa shape index (κ2) is 8.17. The van der Waals surface area contributed by atoms with Crippen molar-refractivity contribution in [3.05, 3.63) is 34.7 Å². The molecule has 2 rings (SSSR count). The molecular weight excluding hydrogens is 375 g/mol. The lowest BCUT2D eigenvalue weighted by Crippen LogP contribution is -2.35. The maximum atomic E-state index is 13.8. The molecule has 0 saturated heterocycles. The Balaban J connectivity index is 2.36. The summed E-state index contributed by atoms with van der Waals surface area (Å²) < 4.78 is 25.8. The normalized spacial score (nSPS) is 12.7. The molecule has 27 heavy (non-hydrogen) atoms. The van der Waals surface area contributed by atoms with E-state index in [0.717, 1.165) is 0 Å². The summed E-state index contributed by atoms with van der Waals surface area (Å²) in [6, 6.07) is 3.94. The van der Waals surface area contributed by atoms with Gasteiger partial charge < -0.3 is 19.4 Å². The second-order valence-corrected chi connectivity index (χ2v) is 7.58. The lowest BCUT2D eigenvalue weighted by Gasteiger charge is -2.22. The number of esters is 1. The third-order valence-electron chi connectivity index (χ3n) is 3.75. The van der Waals surface area contributed by atoms with E-state index in [1.165, 1.54) is 12.1 Å². The number of carbonyl (C=O) groups is 2. The first kappa shape index (κ1) is 21.0. The van der Waals surface area contributed by atoms with Crippen LogP contribution in [0.2, 0.25) is 5.02 Å². The number of carbonyl (C=O) groups excluding carboxylic acids is 2. The summed E-state index contributed by atoms with van der Waals surface area (Å²) in [5, 5.41) is 3.14. The highest BCUT2D eigenvalue weighted by molar-refractivity contribution is 6.31. The first-order valence-electron chi connectivity index (χ1n) is 8.67. The number of aromatic nitrogens is 1. The van der Waals surface area contributed by atoms with Crippen LogP contribution >= 0.6 is 11.6 Å². The average Bonchev–Trinajstić information content (AvgIpc) is 2.90. The Kier molecular flexibility index (Phi) is 6.36. The second-order valence-electron chi connectivity index (χ2n) is 7.18. The molecule has 2 aromatic rings. The molecule has 1 heterocycles. The summed E-state index contributed by atoms with van der Waals surface area (Å²) in [7, 11) is 0. The van der Waals surface area contributed by atoms with Crippen LogP contribution in [-0.2, 0) is 9.47 Å². The molecule has 0 spiro atoms. The van der Waals surface area contributed by atoms with E-state index in [2.05, 4.69) is 5.32 Å². The highest BCUT2D eigenvalue weighted by Gasteiger charge is 2.23. The molecule has 1 atom stereocenters. The number of hydrogen-bond acceptors (Lipinski definition) is 4. The number of halogens is 2. The molecule has 0 unspecified atom stereocenters.